The van der Waals surface area contributed by atoms with E-state index in [0.717, 1.165) is 19.4 Å². The van der Waals surface area contributed by atoms with Crippen molar-refractivity contribution in [2.24, 2.45) is 17.6 Å². The lowest BCUT2D eigenvalue weighted by Crippen LogP contribution is -2.34. The van der Waals surface area contributed by atoms with Crippen molar-refractivity contribution in [1.29, 1.82) is 0 Å². The quantitative estimate of drug-likeness (QED) is 0.767. The van der Waals surface area contributed by atoms with Crippen LogP contribution in [-0.2, 0) is 0 Å². The number of amides is 1. The number of carbonyl (C=O) groups excluding carboxylic acids is 1. The zero-order chi connectivity index (χ0) is 13.6. The molecule has 2 fully saturated rings. The molecule has 1 aliphatic heterocycles. The maximum Gasteiger partial charge on any atom is 0.257 e. The average Bonchev–Trinajstić information content (AvgIpc) is 2.92. The van der Waals surface area contributed by atoms with Crippen LogP contribution in [-0.4, -0.2) is 29.9 Å². The van der Waals surface area contributed by atoms with E-state index in [1.807, 2.05) is 22.6 Å². The summed E-state index contributed by atoms with van der Waals surface area (Å²) < 4.78 is 14.5. The van der Waals surface area contributed by atoms with Crippen LogP contribution in [0.3, 0.4) is 0 Å². The highest BCUT2D eigenvalue weighted by Gasteiger charge is 2.43. The van der Waals surface area contributed by atoms with E-state index in [4.69, 9.17) is 5.73 Å². The third kappa shape index (κ3) is 2.27. The van der Waals surface area contributed by atoms with Gasteiger partial charge < -0.3 is 10.6 Å². The lowest BCUT2D eigenvalue weighted by atomic mass is 9.98. The maximum atomic E-state index is 13.8. The highest BCUT2D eigenvalue weighted by Crippen LogP contribution is 2.37. The molecule has 1 aromatic carbocycles. The SMILES string of the molecule is NC1CCC2CN(C(=O)c3c(F)cccc3I)CC12. The first-order valence-electron chi connectivity index (χ1n) is 6.57. The zero-order valence-electron chi connectivity index (χ0n) is 10.5. The van der Waals surface area contributed by atoms with Gasteiger partial charge >= 0.3 is 0 Å². The number of hydrogen-bond donors (Lipinski definition) is 1. The molecule has 102 valence electrons. The molecular weight excluding hydrogens is 358 g/mol. The fourth-order valence-corrected chi connectivity index (χ4v) is 4.03. The summed E-state index contributed by atoms with van der Waals surface area (Å²) in [5.74, 6) is 0.277. The standard InChI is InChI=1S/C14H16FIN2O/c15-10-2-1-3-11(16)13(10)14(19)18-6-8-4-5-12(17)9(8)7-18/h1-3,8-9,12H,4-7,17H2. The molecule has 1 saturated carbocycles. The molecular formula is C14H16FIN2O. The largest absolute Gasteiger partial charge is 0.338 e. The Morgan fingerprint density at radius 3 is 2.84 bits per heavy atom. The van der Waals surface area contributed by atoms with Crippen molar-refractivity contribution in [3.8, 4) is 0 Å². The molecule has 3 nitrogen and oxygen atoms in total. The number of nitrogens with zero attached hydrogens (tertiary/aromatic N) is 1. The van der Waals surface area contributed by atoms with Crippen LogP contribution in [0, 0.1) is 21.2 Å². The fourth-order valence-electron chi connectivity index (χ4n) is 3.33. The summed E-state index contributed by atoms with van der Waals surface area (Å²) >= 11 is 2.01. The molecule has 1 amide bonds. The number of hydrogen-bond acceptors (Lipinski definition) is 2. The highest BCUT2D eigenvalue weighted by molar-refractivity contribution is 14.1. The second kappa shape index (κ2) is 5.01. The Balaban J connectivity index is 1.83. The molecule has 2 N–H and O–H groups in total. The molecule has 1 aliphatic carbocycles. The molecule has 5 heteroatoms. The molecule has 1 saturated heterocycles. The number of rotatable bonds is 1. The first kappa shape index (κ1) is 13.3. The number of fused-ring (bicyclic) bond motifs is 1. The summed E-state index contributed by atoms with van der Waals surface area (Å²) in [5, 5.41) is 0. The molecule has 19 heavy (non-hydrogen) atoms. The number of carbonyl (C=O) groups is 1. The molecule has 3 atom stereocenters. The van der Waals surface area contributed by atoms with Crippen LogP contribution < -0.4 is 5.73 Å². The lowest BCUT2D eigenvalue weighted by molar-refractivity contribution is 0.0774. The van der Waals surface area contributed by atoms with Crippen molar-refractivity contribution in [3.05, 3.63) is 33.1 Å². The Kier molecular flexibility index (Phi) is 3.51. The van der Waals surface area contributed by atoms with Gasteiger partial charge in [-0.25, -0.2) is 4.39 Å². The summed E-state index contributed by atoms with van der Waals surface area (Å²) in [6, 6.07) is 4.93. The van der Waals surface area contributed by atoms with Gasteiger partial charge in [0.15, 0.2) is 0 Å². The van der Waals surface area contributed by atoms with Gasteiger partial charge in [0.05, 0.1) is 5.56 Å². The van der Waals surface area contributed by atoms with E-state index in [0.29, 0.717) is 22.0 Å². The van der Waals surface area contributed by atoms with Crippen LogP contribution in [0.4, 0.5) is 4.39 Å². The summed E-state index contributed by atoms with van der Waals surface area (Å²) in [6.07, 6.45) is 2.14. The van der Waals surface area contributed by atoms with E-state index in [-0.39, 0.29) is 17.5 Å². The van der Waals surface area contributed by atoms with Crippen molar-refractivity contribution < 1.29 is 9.18 Å². The van der Waals surface area contributed by atoms with Crippen LogP contribution in [0.5, 0.6) is 0 Å². The van der Waals surface area contributed by atoms with Gasteiger partial charge in [-0.2, -0.15) is 0 Å². The first-order chi connectivity index (χ1) is 9.08. The molecule has 1 heterocycles. The van der Waals surface area contributed by atoms with Gasteiger partial charge in [0.1, 0.15) is 5.82 Å². The normalized spacial score (nSPS) is 29.6. The molecule has 0 aromatic heterocycles. The summed E-state index contributed by atoms with van der Waals surface area (Å²) in [5.41, 5.74) is 6.27. The van der Waals surface area contributed by atoms with Crippen LogP contribution in [0.15, 0.2) is 18.2 Å². The summed E-state index contributed by atoms with van der Waals surface area (Å²) in [6.45, 7) is 1.40. The van der Waals surface area contributed by atoms with Crippen LogP contribution in [0.1, 0.15) is 23.2 Å². The lowest BCUT2D eigenvalue weighted by Gasteiger charge is -2.19. The van der Waals surface area contributed by atoms with E-state index < -0.39 is 5.82 Å². The molecule has 0 bridgehead atoms. The predicted molar refractivity (Wildman–Crippen MR) is 79.2 cm³/mol. The maximum absolute atomic E-state index is 13.8. The Morgan fingerprint density at radius 2 is 2.16 bits per heavy atom. The number of benzene rings is 1. The number of halogens is 2. The molecule has 2 aliphatic rings. The number of likely N-dealkylation sites (tertiary alicyclic amines) is 1. The Labute approximate surface area is 125 Å². The van der Waals surface area contributed by atoms with Crippen molar-refractivity contribution in [3.63, 3.8) is 0 Å². The molecule has 3 unspecified atom stereocenters. The molecule has 3 rings (SSSR count). The Bertz CT molecular complexity index is 502. The van der Waals surface area contributed by atoms with E-state index >= 15 is 0 Å². The molecule has 0 radical (unpaired) electrons. The topological polar surface area (TPSA) is 46.3 Å². The minimum Gasteiger partial charge on any atom is -0.338 e. The van der Waals surface area contributed by atoms with Crippen LogP contribution >= 0.6 is 22.6 Å². The smallest absolute Gasteiger partial charge is 0.257 e. The van der Waals surface area contributed by atoms with Crippen LogP contribution in [0.2, 0.25) is 0 Å². The van der Waals surface area contributed by atoms with Gasteiger partial charge in [0, 0.05) is 22.7 Å². The van der Waals surface area contributed by atoms with Gasteiger partial charge in [0.25, 0.3) is 5.91 Å². The molecule has 1 aromatic rings. The van der Waals surface area contributed by atoms with Gasteiger partial charge in [0.2, 0.25) is 0 Å². The highest BCUT2D eigenvalue weighted by atomic mass is 127. The van der Waals surface area contributed by atoms with Gasteiger partial charge in [-0.15, -0.1) is 0 Å². The number of nitrogens with two attached hydrogens (primary N) is 1. The average molecular weight is 374 g/mol. The van der Waals surface area contributed by atoms with Crippen molar-refractivity contribution in [1.82, 2.24) is 4.90 Å². The monoisotopic (exact) mass is 374 g/mol. The van der Waals surface area contributed by atoms with Gasteiger partial charge in [-0.05, 0) is 59.4 Å². The minimum absolute atomic E-state index is 0.191. The van der Waals surface area contributed by atoms with Gasteiger partial charge in [-0.3, -0.25) is 4.79 Å². The van der Waals surface area contributed by atoms with Crippen LogP contribution in [0.25, 0.3) is 0 Å². The third-order valence-corrected chi connectivity index (χ3v) is 5.28. The predicted octanol–water partition coefficient (Wildman–Crippen LogP) is 2.24. The van der Waals surface area contributed by atoms with Crippen molar-refractivity contribution >= 4 is 28.5 Å². The minimum atomic E-state index is -0.432. The Morgan fingerprint density at radius 1 is 1.37 bits per heavy atom. The van der Waals surface area contributed by atoms with E-state index in [2.05, 4.69) is 0 Å². The van der Waals surface area contributed by atoms with Gasteiger partial charge in [-0.1, -0.05) is 6.07 Å². The third-order valence-electron chi connectivity index (χ3n) is 4.38. The summed E-state index contributed by atoms with van der Waals surface area (Å²) in [4.78, 5) is 14.2. The molecule has 0 spiro atoms. The van der Waals surface area contributed by atoms with Crippen molar-refractivity contribution in [2.75, 3.05) is 13.1 Å². The van der Waals surface area contributed by atoms with Crippen molar-refractivity contribution in [2.45, 2.75) is 18.9 Å². The van der Waals surface area contributed by atoms with E-state index in [1.54, 1.807) is 17.0 Å². The second-order valence-electron chi connectivity index (χ2n) is 5.47. The first-order valence-corrected chi connectivity index (χ1v) is 7.64. The zero-order valence-corrected chi connectivity index (χ0v) is 12.6. The van der Waals surface area contributed by atoms with E-state index in [1.165, 1.54) is 6.07 Å². The Hall–Kier alpha value is -0.690. The summed E-state index contributed by atoms with van der Waals surface area (Å²) in [7, 11) is 0. The fraction of sp³-hybridized carbons (Fsp3) is 0.500. The van der Waals surface area contributed by atoms with E-state index in [9.17, 15) is 9.18 Å². The second-order valence-corrected chi connectivity index (χ2v) is 6.63.